The van der Waals surface area contributed by atoms with E-state index in [2.05, 4.69) is 10.3 Å². The van der Waals surface area contributed by atoms with Crippen LogP contribution in [0.4, 0.5) is 0 Å². The van der Waals surface area contributed by atoms with E-state index in [9.17, 15) is 10.1 Å². The molecular formula is C28H23Cl2N5O3. The number of hydrogen-bond donors (Lipinski definition) is 1. The van der Waals surface area contributed by atoms with Crippen LogP contribution in [-0.2, 0) is 17.9 Å². The first-order valence-corrected chi connectivity index (χ1v) is 12.2. The summed E-state index contributed by atoms with van der Waals surface area (Å²) in [4.78, 5) is 16.9. The fraction of sp³-hybridized carbons (Fsp3) is 0.143. The minimum atomic E-state index is -0.517. The standard InChI is InChI=1S/C28H23Cl2N5O3/c1-37-25-9-8-19(12-26(25)38-2)27-21(16-35(34-27)17-22-23(29)6-3-7-24(22)30)11-20(13-31)28(36)33-15-18-5-4-10-32-14-18/h3-12,14,16H,15,17H2,1-2H3,(H,33,36). The van der Waals surface area contributed by atoms with Crippen molar-refractivity contribution in [3.05, 3.63) is 99.4 Å². The Hall–Kier alpha value is -4.32. The Labute approximate surface area is 230 Å². The van der Waals surface area contributed by atoms with E-state index in [1.807, 2.05) is 18.2 Å². The largest absolute Gasteiger partial charge is 0.493 e. The molecular weight excluding hydrogens is 525 g/mol. The molecule has 2 heterocycles. The molecule has 1 amide bonds. The number of aromatic nitrogens is 3. The summed E-state index contributed by atoms with van der Waals surface area (Å²) >= 11 is 12.8. The first-order chi connectivity index (χ1) is 18.4. The number of ether oxygens (including phenoxy) is 2. The van der Waals surface area contributed by atoms with Crippen LogP contribution in [0, 0.1) is 11.3 Å². The van der Waals surface area contributed by atoms with Gasteiger partial charge >= 0.3 is 0 Å². The molecule has 2 aromatic carbocycles. The highest BCUT2D eigenvalue weighted by atomic mass is 35.5. The van der Waals surface area contributed by atoms with Crippen molar-refractivity contribution in [2.24, 2.45) is 0 Å². The van der Waals surface area contributed by atoms with Crippen LogP contribution in [0.25, 0.3) is 17.3 Å². The molecule has 0 radical (unpaired) electrons. The maximum absolute atomic E-state index is 12.8. The third-order valence-corrected chi connectivity index (χ3v) is 6.38. The van der Waals surface area contributed by atoms with Gasteiger partial charge in [0.05, 0.1) is 26.5 Å². The van der Waals surface area contributed by atoms with E-state index in [4.69, 9.17) is 37.8 Å². The van der Waals surface area contributed by atoms with Gasteiger partial charge in [-0.15, -0.1) is 0 Å². The van der Waals surface area contributed by atoms with Crippen LogP contribution in [0.15, 0.2) is 72.7 Å². The topological polar surface area (TPSA) is 102 Å². The Bertz CT molecular complexity index is 1510. The summed E-state index contributed by atoms with van der Waals surface area (Å²) in [7, 11) is 3.10. The van der Waals surface area contributed by atoms with E-state index < -0.39 is 5.91 Å². The van der Waals surface area contributed by atoms with E-state index in [0.29, 0.717) is 43.9 Å². The Morgan fingerprint density at radius 2 is 1.87 bits per heavy atom. The van der Waals surface area contributed by atoms with Crippen LogP contribution in [0.2, 0.25) is 10.0 Å². The van der Waals surface area contributed by atoms with Crippen LogP contribution in [0.1, 0.15) is 16.7 Å². The Kier molecular flexibility index (Phi) is 8.64. The van der Waals surface area contributed by atoms with Crippen LogP contribution in [0.3, 0.4) is 0 Å². The molecule has 4 aromatic rings. The smallest absolute Gasteiger partial charge is 0.262 e. The number of nitriles is 1. The molecule has 10 heteroatoms. The molecule has 0 saturated carbocycles. The van der Waals surface area contributed by atoms with Crippen molar-refractivity contribution in [1.82, 2.24) is 20.1 Å². The van der Waals surface area contributed by atoms with E-state index in [1.165, 1.54) is 6.08 Å². The third-order valence-electron chi connectivity index (χ3n) is 5.67. The molecule has 1 N–H and O–H groups in total. The number of rotatable bonds is 9. The summed E-state index contributed by atoms with van der Waals surface area (Å²) < 4.78 is 12.5. The fourth-order valence-electron chi connectivity index (χ4n) is 3.76. The summed E-state index contributed by atoms with van der Waals surface area (Å²) in [5.74, 6) is 0.554. The van der Waals surface area contributed by atoms with E-state index in [1.54, 1.807) is 73.9 Å². The number of nitrogens with zero attached hydrogens (tertiary/aromatic N) is 4. The number of methoxy groups -OCH3 is 2. The summed E-state index contributed by atoms with van der Waals surface area (Å²) in [5.41, 5.74) is 3.21. The lowest BCUT2D eigenvalue weighted by Crippen LogP contribution is -2.24. The van der Waals surface area contributed by atoms with Gasteiger partial charge < -0.3 is 14.8 Å². The lowest BCUT2D eigenvalue weighted by atomic mass is 10.1. The Balaban J connectivity index is 1.73. The van der Waals surface area contributed by atoms with Gasteiger partial charge in [0.2, 0.25) is 0 Å². The molecule has 0 fully saturated rings. The molecule has 0 atom stereocenters. The average molecular weight is 548 g/mol. The van der Waals surface area contributed by atoms with Crippen molar-refractivity contribution in [2.45, 2.75) is 13.1 Å². The van der Waals surface area contributed by atoms with Gasteiger partial charge in [-0.25, -0.2) is 0 Å². The number of nitrogens with one attached hydrogen (secondary N) is 1. The third kappa shape index (κ3) is 6.14. The molecule has 0 aliphatic rings. The molecule has 2 aromatic heterocycles. The Morgan fingerprint density at radius 1 is 1.11 bits per heavy atom. The van der Waals surface area contributed by atoms with Gasteiger partial charge in [0.25, 0.3) is 5.91 Å². The Morgan fingerprint density at radius 3 is 2.53 bits per heavy atom. The minimum absolute atomic E-state index is 0.0778. The molecule has 0 unspecified atom stereocenters. The monoisotopic (exact) mass is 547 g/mol. The van der Waals surface area contributed by atoms with Crippen molar-refractivity contribution in [3.63, 3.8) is 0 Å². The van der Waals surface area contributed by atoms with Crippen molar-refractivity contribution in [1.29, 1.82) is 5.26 Å². The maximum atomic E-state index is 12.8. The SMILES string of the molecule is COc1ccc(-c2nn(Cc3c(Cl)cccc3Cl)cc2C=C(C#N)C(=O)NCc2cccnc2)cc1OC. The number of carbonyl (C=O) groups is 1. The fourth-order valence-corrected chi connectivity index (χ4v) is 4.28. The number of pyridine rings is 1. The number of amides is 1. The van der Waals surface area contributed by atoms with Gasteiger partial charge in [-0.3, -0.25) is 14.5 Å². The molecule has 0 saturated heterocycles. The molecule has 0 aliphatic heterocycles. The molecule has 8 nitrogen and oxygen atoms in total. The van der Waals surface area contributed by atoms with Gasteiger partial charge in [-0.2, -0.15) is 10.4 Å². The molecule has 0 aliphatic carbocycles. The van der Waals surface area contributed by atoms with E-state index in [0.717, 1.165) is 5.56 Å². The molecule has 192 valence electrons. The second kappa shape index (κ2) is 12.3. The second-order valence-electron chi connectivity index (χ2n) is 8.11. The predicted octanol–water partition coefficient (Wildman–Crippen LogP) is 5.54. The summed E-state index contributed by atoms with van der Waals surface area (Å²) in [6.45, 7) is 0.514. The highest BCUT2D eigenvalue weighted by molar-refractivity contribution is 6.36. The summed E-state index contributed by atoms with van der Waals surface area (Å²) in [6.07, 6.45) is 6.53. The van der Waals surface area contributed by atoms with Gasteiger partial charge in [-0.1, -0.05) is 35.3 Å². The van der Waals surface area contributed by atoms with E-state index in [-0.39, 0.29) is 18.7 Å². The number of benzene rings is 2. The number of halogens is 2. The minimum Gasteiger partial charge on any atom is -0.493 e. The molecule has 0 bridgehead atoms. The predicted molar refractivity (Wildman–Crippen MR) is 146 cm³/mol. The first kappa shape index (κ1) is 26.7. The normalized spacial score (nSPS) is 11.1. The lowest BCUT2D eigenvalue weighted by molar-refractivity contribution is -0.117. The average Bonchev–Trinajstić information content (AvgIpc) is 3.34. The van der Waals surface area contributed by atoms with Gasteiger partial charge in [0.15, 0.2) is 11.5 Å². The van der Waals surface area contributed by atoms with Crippen molar-refractivity contribution in [3.8, 4) is 28.8 Å². The van der Waals surface area contributed by atoms with Crippen LogP contribution < -0.4 is 14.8 Å². The molecule has 0 spiro atoms. The maximum Gasteiger partial charge on any atom is 0.262 e. The molecule has 4 rings (SSSR count). The zero-order valence-corrected chi connectivity index (χ0v) is 22.1. The number of carbonyl (C=O) groups excluding carboxylic acids is 1. The summed E-state index contributed by atoms with van der Waals surface area (Å²) in [6, 6.07) is 16.2. The van der Waals surface area contributed by atoms with E-state index >= 15 is 0 Å². The van der Waals surface area contributed by atoms with Crippen LogP contribution in [0.5, 0.6) is 11.5 Å². The zero-order chi connectivity index (χ0) is 27.1. The van der Waals surface area contributed by atoms with Gasteiger partial charge in [0.1, 0.15) is 11.6 Å². The first-order valence-electron chi connectivity index (χ1n) is 11.4. The number of hydrogen-bond acceptors (Lipinski definition) is 6. The lowest BCUT2D eigenvalue weighted by Gasteiger charge is -2.09. The quantitative estimate of drug-likeness (QED) is 0.218. The highest BCUT2D eigenvalue weighted by Gasteiger charge is 2.17. The second-order valence-corrected chi connectivity index (χ2v) is 8.93. The van der Waals surface area contributed by atoms with Crippen LogP contribution in [-0.4, -0.2) is 34.9 Å². The van der Waals surface area contributed by atoms with Crippen molar-refractivity contribution in [2.75, 3.05) is 14.2 Å². The van der Waals surface area contributed by atoms with Crippen LogP contribution >= 0.6 is 23.2 Å². The highest BCUT2D eigenvalue weighted by Crippen LogP contribution is 2.34. The van der Waals surface area contributed by atoms with Crippen molar-refractivity contribution < 1.29 is 14.3 Å². The van der Waals surface area contributed by atoms with Gasteiger partial charge in [0, 0.05) is 51.9 Å². The van der Waals surface area contributed by atoms with Crippen molar-refractivity contribution >= 4 is 35.2 Å². The van der Waals surface area contributed by atoms with Gasteiger partial charge in [-0.05, 0) is 48.0 Å². The summed E-state index contributed by atoms with van der Waals surface area (Å²) in [5, 5.41) is 18.3. The molecule has 38 heavy (non-hydrogen) atoms. The zero-order valence-electron chi connectivity index (χ0n) is 20.6.